The van der Waals surface area contributed by atoms with Crippen molar-refractivity contribution in [3.8, 4) is 11.3 Å². The molecule has 1 atom stereocenters. The highest BCUT2D eigenvalue weighted by molar-refractivity contribution is 5.76. The van der Waals surface area contributed by atoms with Crippen LogP contribution in [0.2, 0.25) is 0 Å². The second-order valence-corrected chi connectivity index (χ2v) is 5.52. The molecule has 1 heterocycles. The van der Waals surface area contributed by atoms with Crippen LogP contribution in [0.15, 0.2) is 47.1 Å². The van der Waals surface area contributed by atoms with Gasteiger partial charge in [-0.1, -0.05) is 38.1 Å². The Kier molecular flexibility index (Phi) is 5.17. The molecule has 2 rings (SSSR count). The van der Waals surface area contributed by atoms with E-state index in [0.29, 0.717) is 12.3 Å². The van der Waals surface area contributed by atoms with E-state index >= 15 is 0 Å². The fourth-order valence-corrected chi connectivity index (χ4v) is 2.08. The lowest BCUT2D eigenvalue weighted by atomic mass is 10.1. The molecule has 0 radical (unpaired) electrons. The molecule has 21 heavy (non-hydrogen) atoms. The standard InChI is InChI=1S/C17H21NO3/c1-12(2)10-17(20)18-11-15(19)13-5-7-14(8-6-13)16-4-3-9-21-16/h3-9,12,15,19H,10-11H2,1-2H3,(H,18,20)/t15-/m0/s1. The molecule has 112 valence electrons. The first kappa shape index (κ1) is 15.3. The third-order valence-electron chi connectivity index (χ3n) is 3.19. The van der Waals surface area contributed by atoms with Gasteiger partial charge < -0.3 is 14.8 Å². The number of carbonyl (C=O) groups is 1. The Bertz CT molecular complexity index is 558. The zero-order chi connectivity index (χ0) is 15.2. The number of carbonyl (C=O) groups excluding carboxylic acids is 1. The molecule has 0 unspecified atom stereocenters. The van der Waals surface area contributed by atoms with Crippen molar-refractivity contribution < 1.29 is 14.3 Å². The maximum Gasteiger partial charge on any atom is 0.220 e. The highest BCUT2D eigenvalue weighted by Gasteiger charge is 2.11. The van der Waals surface area contributed by atoms with Gasteiger partial charge in [0.05, 0.1) is 12.4 Å². The van der Waals surface area contributed by atoms with Crippen molar-refractivity contribution in [3.63, 3.8) is 0 Å². The Morgan fingerprint density at radius 2 is 1.95 bits per heavy atom. The van der Waals surface area contributed by atoms with Crippen LogP contribution in [0.25, 0.3) is 11.3 Å². The van der Waals surface area contributed by atoms with Crippen LogP contribution in [-0.4, -0.2) is 17.6 Å². The van der Waals surface area contributed by atoms with E-state index in [1.165, 1.54) is 0 Å². The summed E-state index contributed by atoms with van der Waals surface area (Å²) in [5, 5.41) is 12.8. The fraction of sp³-hybridized carbons (Fsp3) is 0.353. The maximum atomic E-state index is 11.6. The lowest BCUT2D eigenvalue weighted by molar-refractivity contribution is -0.122. The van der Waals surface area contributed by atoms with Gasteiger partial charge in [0.15, 0.2) is 0 Å². The van der Waals surface area contributed by atoms with Crippen LogP contribution in [0.1, 0.15) is 31.9 Å². The Labute approximate surface area is 124 Å². The van der Waals surface area contributed by atoms with E-state index in [4.69, 9.17) is 4.42 Å². The van der Waals surface area contributed by atoms with Crippen LogP contribution in [-0.2, 0) is 4.79 Å². The summed E-state index contributed by atoms with van der Waals surface area (Å²) in [5.41, 5.74) is 1.73. The number of hydrogen-bond donors (Lipinski definition) is 2. The van der Waals surface area contributed by atoms with Gasteiger partial charge >= 0.3 is 0 Å². The summed E-state index contributed by atoms with van der Waals surface area (Å²) in [7, 11) is 0. The highest BCUT2D eigenvalue weighted by Crippen LogP contribution is 2.22. The molecule has 0 aliphatic heterocycles. The minimum Gasteiger partial charge on any atom is -0.464 e. The molecule has 4 nitrogen and oxygen atoms in total. The van der Waals surface area contributed by atoms with Crippen molar-refractivity contribution >= 4 is 5.91 Å². The zero-order valence-corrected chi connectivity index (χ0v) is 12.4. The Hall–Kier alpha value is -2.07. The van der Waals surface area contributed by atoms with Crippen LogP contribution >= 0.6 is 0 Å². The van der Waals surface area contributed by atoms with Gasteiger partial charge in [-0.15, -0.1) is 0 Å². The van der Waals surface area contributed by atoms with Gasteiger partial charge in [0, 0.05) is 18.5 Å². The van der Waals surface area contributed by atoms with Crippen molar-refractivity contribution in [2.24, 2.45) is 5.92 Å². The molecule has 1 aromatic heterocycles. The number of aliphatic hydroxyl groups is 1. The third-order valence-corrected chi connectivity index (χ3v) is 3.19. The van der Waals surface area contributed by atoms with Gasteiger partial charge in [-0.3, -0.25) is 4.79 Å². The van der Waals surface area contributed by atoms with E-state index in [2.05, 4.69) is 5.32 Å². The summed E-state index contributed by atoms with van der Waals surface area (Å²) in [6.07, 6.45) is 1.40. The predicted octanol–water partition coefficient (Wildman–Crippen LogP) is 3.14. The normalized spacial score (nSPS) is 12.4. The van der Waals surface area contributed by atoms with Gasteiger partial charge in [0.1, 0.15) is 5.76 Å². The minimum atomic E-state index is -0.702. The second-order valence-electron chi connectivity index (χ2n) is 5.52. The molecular formula is C17H21NO3. The van der Waals surface area contributed by atoms with E-state index in [1.54, 1.807) is 6.26 Å². The number of nitrogens with one attached hydrogen (secondary N) is 1. The van der Waals surface area contributed by atoms with Gasteiger partial charge in [0.25, 0.3) is 0 Å². The smallest absolute Gasteiger partial charge is 0.220 e. The molecule has 0 saturated heterocycles. The monoisotopic (exact) mass is 287 g/mol. The van der Waals surface area contributed by atoms with Crippen LogP contribution in [0.3, 0.4) is 0 Å². The number of furan rings is 1. The zero-order valence-electron chi connectivity index (χ0n) is 12.4. The molecular weight excluding hydrogens is 266 g/mol. The summed E-state index contributed by atoms with van der Waals surface area (Å²) >= 11 is 0. The summed E-state index contributed by atoms with van der Waals surface area (Å²) in [5.74, 6) is 1.08. The average Bonchev–Trinajstić information content (AvgIpc) is 2.98. The van der Waals surface area contributed by atoms with E-state index in [0.717, 1.165) is 16.9 Å². The molecule has 0 fully saturated rings. The first-order valence-corrected chi connectivity index (χ1v) is 7.15. The largest absolute Gasteiger partial charge is 0.464 e. The lowest BCUT2D eigenvalue weighted by Gasteiger charge is -2.13. The van der Waals surface area contributed by atoms with Crippen molar-refractivity contribution in [2.45, 2.75) is 26.4 Å². The molecule has 1 aromatic carbocycles. The molecule has 2 aromatic rings. The molecule has 0 saturated carbocycles. The van der Waals surface area contributed by atoms with Crippen molar-refractivity contribution in [1.82, 2.24) is 5.32 Å². The maximum absolute atomic E-state index is 11.6. The van der Waals surface area contributed by atoms with E-state index in [9.17, 15) is 9.90 Å². The van der Waals surface area contributed by atoms with Gasteiger partial charge in [0.2, 0.25) is 5.91 Å². The number of amides is 1. The minimum absolute atomic E-state index is 0.0312. The SMILES string of the molecule is CC(C)CC(=O)NC[C@H](O)c1ccc(-c2ccco2)cc1. The topological polar surface area (TPSA) is 62.5 Å². The molecule has 4 heteroatoms. The first-order chi connectivity index (χ1) is 10.1. The van der Waals surface area contributed by atoms with Crippen LogP contribution in [0.5, 0.6) is 0 Å². The number of aliphatic hydroxyl groups excluding tert-OH is 1. The quantitative estimate of drug-likeness (QED) is 0.858. The molecule has 0 aliphatic carbocycles. The van der Waals surface area contributed by atoms with Crippen molar-refractivity contribution in [1.29, 1.82) is 0 Å². The molecule has 0 aliphatic rings. The summed E-state index contributed by atoms with van der Waals surface area (Å²) < 4.78 is 5.32. The molecule has 2 N–H and O–H groups in total. The number of rotatable bonds is 6. The summed E-state index contributed by atoms with van der Waals surface area (Å²) in [6, 6.07) is 11.2. The molecule has 1 amide bonds. The van der Waals surface area contributed by atoms with Crippen LogP contribution in [0, 0.1) is 5.92 Å². The van der Waals surface area contributed by atoms with Crippen molar-refractivity contribution in [3.05, 3.63) is 48.2 Å². The number of benzene rings is 1. The third kappa shape index (κ3) is 4.46. The Morgan fingerprint density at radius 1 is 1.24 bits per heavy atom. The summed E-state index contributed by atoms with van der Waals surface area (Å²) in [6.45, 7) is 4.21. The molecule has 0 spiro atoms. The van der Waals surface area contributed by atoms with Gasteiger partial charge in [-0.05, 0) is 23.6 Å². The summed E-state index contributed by atoms with van der Waals surface area (Å²) in [4.78, 5) is 11.6. The lowest BCUT2D eigenvalue weighted by Crippen LogP contribution is -2.29. The fourth-order valence-electron chi connectivity index (χ4n) is 2.08. The average molecular weight is 287 g/mol. The first-order valence-electron chi connectivity index (χ1n) is 7.15. The van der Waals surface area contributed by atoms with Crippen molar-refractivity contribution in [2.75, 3.05) is 6.54 Å². The van der Waals surface area contributed by atoms with Crippen LogP contribution < -0.4 is 5.32 Å². The Morgan fingerprint density at radius 3 is 2.52 bits per heavy atom. The van der Waals surface area contributed by atoms with Crippen LogP contribution in [0.4, 0.5) is 0 Å². The van der Waals surface area contributed by atoms with Gasteiger partial charge in [-0.2, -0.15) is 0 Å². The highest BCUT2D eigenvalue weighted by atomic mass is 16.3. The number of hydrogen-bond acceptors (Lipinski definition) is 3. The predicted molar refractivity (Wildman–Crippen MR) is 81.6 cm³/mol. The Balaban J connectivity index is 1.91. The van der Waals surface area contributed by atoms with E-state index in [1.807, 2.05) is 50.2 Å². The second kappa shape index (κ2) is 7.09. The molecule has 0 bridgehead atoms. The van der Waals surface area contributed by atoms with E-state index < -0.39 is 6.10 Å². The van der Waals surface area contributed by atoms with Gasteiger partial charge in [-0.25, -0.2) is 0 Å². The van der Waals surface area contributed by atoms with E-state index in [-0.39, 0.29) is 12.5 Å².